The lowest BCUT2D eigenvalue weighted by molar-refractivity contribution is 0.542. The van der Waals surface area contributed by atoms with Gasteiger partial charge >= 0.3 is 0 Å². The largest absolute Gasteiger partial charge is 0.384 e. The molecular formula is C9H12N4O. The van der Waals surface area contributed by atoms with E-state index in [4.69, 9.17) is 5.73 Å². The molecule has 2 rings (SSSR count). The summed E-state index contributed by atoms with van der Waals surface area (Å²) in [5.41, 5.74) is 6.05. The molecule has 0 aliphatic rings. The molecule has 5 nitrogen and oxygen atoms in total. The smallest absolute Gasteiger partial charge is 0.273 e. The number of nitrogens with one attached hydrogen (secondary N) is 1. The second kappa shape index (κ2) is 2.87. The van der Waals surface area contributed by atoms with Crippen LogP contribution < -0.4 is 11.3 Å². The Labute approximate surface area is 80.5 Å². The summed E-state index contributed by atoms with van der Waals surface area (Å²) in [6, 6.07) is 3.48. The van der Waals surface area contributed by atoms with E-state index in [1.807, 2.05) is 13.8 Å². The topological polar surface area (TPSA) is 76.7 Å². The van der Waals surface area contributed by atoms with Crippen LogP contribution in [-0.4, -0.2) is 14.8 Å². The molecule has 0 aliphatic heterocycles. The first kappa shape index (κ1) is 8.80. The highest BCUT2D eigenvalue weighted by Crippen LogP contribution is 2.13. The number of nitrogens with two attached hydrogens (primary N) is 1. The minimum Gasteiger partial charge on any atom is -0.384 e. The summed E-state index contributed by atoms with van der Waals surface area (Å²) in [6.45, 7) is 3.94. The van der Waals surface area contributed by atoms with E-state index in [0.717, 1.165) is 0 Å². The van der Waals surface area contributed by atoms with Crippen LogP contribution in [0.2, 0.25) is 0 Å². The summed E-state index contributed by atoms with van der Waals surface area (Å²) < 4.78 is 1.72. The molecule has 3 N–H and O–H groups in total. The van der Waals surface area contributed by atoms with Gasteiger partial charge in [-0.3, -0.25) is 14.6 Å². The fraction of sp³-hybridized carbons (Fsp3) is 0.333. The summed E-state index contributed by atoms with van der Waals surface area (Å²) in [5, 5.41) is 3.30. The van der Waals surface area contributed by atoms with Crippen molar-refractivity contribution in [2.45, 2.75) is 19.9 Å². The molecule has 5 heteroatoms. The third-order valence-corrected chi connectivity index (χ3v) is 2.11. The van der Waals surface area contributed by atoms with Crippen LogP contribution in [0.5, 0.6) is 0 Å². The summed E-state index contributed by atoms with van der Waals surface area (Å²) in [6.07, 6.45) is 0. The normalized spacial score (nSPS) is 11.4. The maximum Gasteiger partial charge on any atom is 0.273 e. The Morgan fingerprint density at radius 3 is 2.86 bits per heavy atom. The zero-order chi connectivity index (χ0) is 10.3. The van der Waals surface area contributed by atoms with Crippen molar-refractivity contribution >= 4 is 16.9 Å². The minimum absolute atomic E-state index is 0.124. The number of rotatable bonds is 1. The number of pyridine rings is 1. The average molecular weight is 192 g/mol. The highest BCUT2D eigenvalue weighted by atomic mass is 16.1. The molecule has 0 bridgehead atoms. The SMILES string of the molecule is CC(C)n1[nH]c(=O)c2ccc(N)nc21. The molecule has 74 valence electrons. The molecular weight excluding hydrogens is 180 g/mol. The molecule has 0 unspecified atom stereocenters. The molecule has 0 saturated heterocycles. The third-order valence-electron chi connectivity index (χ3n) is 2.11. The average Bonchev–Trinajstić information content (AvgIpc) is 2.43. The molecule has 14 heavy (non-hydrogen) atoms. The van der Waals surface area contributed by atoms with E-state index in [1.165, 1.54) is 0 Å². The van der Waals surface area contributed by atoms with E-state index >= 15 is 0 Å². The van der Waals surface area contributed by atoms with E-state index in [-0.39, 0.29) is 11.6 Å². The van der Waals surface area contributed by atoms with Crippen LogP contribution in [-0.2, 0) is 0 Å². The first-order valence-corrected chi connectivity index (χ1v) is 4.46. The van der Waals surface area contributed by atoms with Gasteiger partial charge in [-0.2, -0.15) is 0 Å². The maximum absolute atomic E-state index is 11.5. The van der Waals surface area contributed by atoms with E-state index in [9.17, 15) is 4.79 Å². The number of hydrogen-bond acceptors (Lipinski definition) is 3. The van der Waals surface area contributed by atoms with Crippen molar-refractivity contribution < 1.29 is 0 Å². The van der Waals surface area contributed by atoms with Gasteiger partial charge in [0.1, 0.15) is 5.82 Å². The third kappa shape index (κ3) is 1.17. The highest BCUT2D eigenvalue weighted by molar-refractivity contribution is 5.76. The number of nitrogens with zero attached hydrogens (tertiary/aromatic N) is 2. The number of hydrogen-bond donors (Lipinski definition) is 2. The Morgan fingerprint density at radius 2 is 2.21 bits per heavy atom. The number of anilines is 1. The lowest BCUT2D eigenvalue weighted by atomic mass is 10.3. The Kier molecular flexibility index (Phi) is 1.80. The van der Waals surface area contributed by atoms with Gasteiger partial charge in [0.15, 0.2) is 5.65 Å². The van der Waals surface area contributed by atoms with Gasteiger partial charge in [-0.05, 0) is 26.0 Å². The number of H-pyrrole nitrogens is 1. The van der Waals surface area contributed by atoms with Crippen molar-refractivity contribution in [1.82, 2.24) is 14.8 Å². The van der Waals surface area contributed by atoms with Crippen molar-refractivity contribution in [3.63, 3.8) is 0 Å². The summed E-state index contributed by atoms with van der Waals surface area (Å²) in [7, 11) is 0. The summed E-state index contributed by atoms with van der Waals surface area (Å²) in [4.78, 5) is 15.6. The van der Waals surface area contributed by atoms with Crippen molar-refractivity contribution in [2.75, 3.05) is 5.73 Å². The van der Waals surface area contributed by atoms with Gasteiger partial charge in [-0.25, -0.2) is 4.98 Å². The lowest BCUT2D eigenvalue weighted by Gasteiger charge is -2.06. The molecule has 0 fully saturated rings. The Balaban J connectivity index is 2.86. The number of fused-ring (bicyclic) bond motifs is 1. The molecule has 0 spiro atoms. The van der Waals surface area contributed by atoms with E-state index < -0.39 is 0 Å². The van der Waals surface area contributed by atoms with Crippen molar-refractivity contribution in [1.29, 1.82) is 0 Å². The molecule has 0 saturated carbocycles. The van der Waals surface area contributed by atoms with Crippen LogP contribution in [0, 0.1) is 0 Å². The quantitative estimate of drug-likeness (QED) is 0.704. The van der Waals surface area contributed by atoms with Gasteiger partial charge in [0.2, 0.25) is 0 Å². The predicted octanol–water partition coefficient (Wildman–Crippen LogP) is 0.888. The van der Waals surface area contributed by atoms with Crippen LogP contribution in [0.15, 0.2) is 16.9 Å². The number of nitrogen functional groups attached to an aromatic ring is 1. The van der Waals surface area contributed by atoms with E-state index in [1.54, 1.807) is 16.8 Å². The molecule has 2 heterocycles. The van der Waals surface area contributed by atoms with Crippen LogP contribution >= 0.6 is 0 Å². The standard InChI is InChI=1S/C9H12N4O/c1-5(2)13-8-6(9(14)12-13)3-4-7(10)11-8/h3-5H,1-2H3,(H2,10,11)(H,12,14). The van der Waals surface area contributed by atoms with Crippen LogP contribution in [0.25, 0.3) is 11.0 Å². The molecule has 2 aromatic rings. The van der Waals surface area contributed by atoms with Crippen molar-refractivity contribution in [3.8, 4) is 0 Å². The second-order valence-corrected chi connectivity index (χ2v) is 3.51. The molecule has 2 aromatic heterocycles. The molecule has 0 aliphatic carbocycles. The number of aromatic amines is 1. The summed E-state index contributed by atoms with van der Waals surface area (Å²) >= 11 is 0. The maximum atomic E-state index is 11.5. The monoisotopic (exact) mass is 192 g/mol. The van der Waals surface area contributed by atoms with Gasteiger partial charge in [0.25, 0.3) is 5.56 Å². The Hall–Kier alpha value is -1.78. The highest BCUT2D eigenvalue weighted by Gasteiger charge is 2.09. The molecule has 0 amide bonds. The number of aromatic nitrogens is 3. The first-order chi connectivity index (χ1) is 6.59. The molecule has 0 atom stereocenters. The van der Waals surface area contributed by atoms with Gasteiger partial charge in [-0.1, -0.05) is 0 Å². The van der Waals surface area contributed by atoms with E-state index in [2.05, 4.69) is 10.1 Å². The van der Waals surface area contributed by atoms with Gasteiger partial charge < -0.3 is 5.73 Å². The fourth-order valence-electron chi connectivity index (χ4n) is 1.42. The minimum atomic E-state index is -0.124. The van der Waals surface area contributed by atoms with Gasteiger partial charge in [0, 0.05) is 6.04 Å². The second-order valence-electron chi connectivity index (χ2n) is 3.51. The molecule has 0 aromatic carbocycles. The van der Waals surface area contributed by atoms with Crippen molar-refractivity contribution in [2.24, 2.45) is 0 Å². The molecule has 0 radical (unpaired) electrons. The van der Waals surface area contributed by atoms with Crippen LogP contribution in [0.3, 0.4) is 0 Å². The Morgan fingerprint density at radius 1 is 1.50 bits per heavy atom. The zero-order valence-corrected chi connectivity index (χ0v) is 8.11. The Bertz CT molecular complexity index is 523. The fourth-order valence-corrected chi connectivity index (χ4v) is 1.42. The first-order valence-electron chi connectivity index (χ1n) is 4.46. The van der Waals surface area contributed by atoms with Crippen LogP contribution in [0.4, 0.5) is 5.82 Å². The van der Waals surface area contributed by atoms with Gasteiger partial charge in [-0.15, -0.1) is 0 Å². The predicted molar refractivity (Wildman–Crippen MR) is 55.2 cm³/mol. The zero-order valence-electron chi connectivity index (χ0n) is 8.11. The van der Waals surface area contributed by atoms with E-state index in [0.29, 0.717) is 16.9 Å². The van der Waals surface area contributed by atoms with Gasteiger partial charge in [0.05, 0.1) is 5.39 Å². The lowest BCUT2D eigenvalue weighted by Crippen LogP contribution is -2.07. The van der Waals surface area contributed by atoms with Crippen molar-refractivity contribution in [3.05, 3.63) is 22.5 Å². The summed E-state index contributed by atoms with van der Waals surface area (Å²) in [5.74, 6) is 0.422. The van der Waals surface area contributed by atoms with Crippen LogP contribution in [0.1, 0.15) is 19.9 Å².